The quantitative estimate of drug-likeness (QED) is 0.149. The van der Waals surface area contributed by atoms with E-state index in [1.807, 2.05) is 0 Å². The summed E-state index contributed by atoms with van der Waals surface area (Å²) in [6.45, 7) is 9.28. The minimum absolute atomic E-state index is 0.0178. The molecule has 1 aliphatic carbocycles. The van der Waals surface area contributed by atoms with Crippen molar-refractivity contribution in [2.45, 2.75) is 46.5 Å². The molecule has 0 radical (unpaired) electrons. The van der Waals surface area contributed by atoms with Crippen molar-refractivity contribution in [3.05, 3.63) is 210 Å². The second-order valence-electron chi connectivity index (χ2n) is 16.7. The maximum Gasteiger partial charge on any atom is 0.00356 e. The van der Waals surface area contributed by atoms with E-state index >= 15 is 0 Å². The van der Waals surface area contributed by atoms with Gasteiger partial charge in [0.15, 0.2) is 0 Å². The molecule has 0 aromatic heterocycles. The van der Waals surface area contributed by atoms with E-state index in [0.717, 1.165) is 12.8 Å². The van der Waals surface area contributed by atoms with Gasteiger partial charge in [-0.25, -0.2) is 0 Å². The van der Waals surface area contributed by atoms with Crippen LogP contribution in [0.25, 0.3) is 82.0 Å². The number of hydrogen-bond donors (Lipinski definition) is 0. The van der Waals surface area contributed by atoms with Crippen LogP contribution in [-0.2, 0) is 0 Å². The fourth-order valence-electron chi connectivity index (χ4n) is 10.2. The summed E-state index contributed by atoms with van der Waals surface area (Å²) in [7, 11) is 0. The standard InChI is InChI=1S/C58H48/c1-5-58(4)37-43(45-27-13-20-40-19-6-7-22-44(40)45)21-14-32-54(58)41-33-35-42(36-34-41)56-50-23-8-10-25-52(50)57(53-26-11-9-24-51(53)56)49-31-16-28-46-47(49)29-15-30-48(46)55-38(2)17-12-18-39(55)3/h6-36,43H,5,37H2,1-4H3. The Hall–Kier alpha value is -6.50. The number of hydrogen-bond acceptors (Lipinski definition) is 0. The molecule has 2 atom stereocenters. The maximum atomic E-state index is 2.47. The summed E-state index contributed by atoms with van der Waals surface area (Å²) in [6.07, 6.45) is 9.27. The number of fused-ring (bicyclic) bond motifs is 4. The van der Waals surface area contributed by atoms with Crippen LogP contribution in [0.4, 0.5) is 0 Å². The Bertz CT molecular complexity index is 3020. The van der Waals surface area contributed by atoms with Crippen LogP contribution < -0.4 is 0 Å². The Morgan fingerprint density at radius 2 is 0.948 bits per heavy atom. The van der Waals surface area contributed by atoms with Gasteiger partial charge >= 0.3 is 0 Å². The highest BCUT2D eigenvalue weighted by atomic mass is 14.4. The molecule has 2 unspecified atom stereocenters. The third-order valence-electron chi connectivity index (χ3n) is 13.3. The third kappa shape index (κ3) is 5.90. The molecule has 1 aliphatic rings. The van der Waals surface area contributed by atoms with Gasteiger partial charge in [0.25, 0.3) is 0 Å². The minimum atomic E-state index is 0.0178. The van der Waals surface area contributed by atoms with Gasteiger partial charge in [0.2, 0.25) is 0 Å². The summed E-state index contributed by atoms with van der Waals surface area (Å²) >= 11 is 0. The number of benzene rings is 9. The van der Waals surface area contributed by atoms with Crippen LogP contribution in [-0.4, -0.2) is 0 Å². The molecule has 0 saturated carbocycles. The summed E-state index contributed by atoms with van der Waals surface area (Å²) in [5.41, 5.74) is 14.5. The van der Waals surface area contributed by atoms with Crippen molar-refractivity contribution in [3.8, 4) is 33.4 Å². The molecule has 10 rings (SSSR count). The van der Waals surface area contributed by atoms with E-state index in [1.54, 1.807) is 0 Å². The van der Waals surface area contributed by atoms with E-state index in [9.17, 15) is 0 Å². The SMILES string of the molecule is CCC1(C)CC(c2cccc3ccccc23)C=CC=C1c1ccc(-c2c3ccccc3c(-c3cccc4c(-c5c(C)cccc5C)cccc34)c3ccccc23)cc1. The smallest absolute Gasteiger partial charge is 0.00356 e. The van der Waals surface area contributed by atoms with E-state index in [-0.39, 0.29) is 5.41 Å². The molecule has 0 fully saturated rings. The highest BCUT2D eigenvalue weighted by Gasteiger charge is 2.33. The molecule has 0 spiro atoms. The normalized spacial score (nSPS) is 16.9. The van der Waals surface area contributed by atoms with Gasteiger partial charge < -0.3 is 0 Å². The lowest BCUT2D eigenvalue weighted by Gasteiger charge is -2.34. The molecule has 0 nitrogen and oxygen atoms in total. The molecule has 0 saturated heterocycles. The van der Waals surface area contributed by atoms with Crippen LogP contribution in [0.15, 0.2) is 188 Å². The van der Waals surface area contributed by atoms with Gasteiger partial charge in [-0.1, -0.05) is 202 Å². The summed E-state index contributed by atoms with van der Waals surface area (Å²) < 4.78 is 0. The Morgan fingerprint density at radius 3 is 1.57 bits per heavy atom. The first-order chi connectivity index (χ1) is 28.4. The van der Waals surface area contributed by atoms with Crippen molar-refractivity contribution >= 4 is 48.7 Å². The molecule has 9 aromatic rings. The monoisotopic (exact) mass is 744 g/mol. The molecule has 0 N–H and O–H groups in total. The molecule has 0 heteroatoms. The molecule has 0 heterocycles. The van der Waals surface area contributed by atoms with E-state index in [4.69, 9.17) is 0 Å². The molecule has 9 aromatic carbocycles. The second kappa shape index (κ2) is 14.5. The van der Waals surface area contributed by atoms with Crippen LogP contribution in [0.2, 0.25) is 0 Å². The van der Waals surface area contributed by atoms with Crippen molar-refractivity contribution in [2.75, 3.05) is 0 Å². The lowest BCUT2D eigenvalue weighted by Crippen LogP contribution is -2.20. The third-order valence-corrected chi connectivity index (χ3v) is 13.3. The van der Waals surface area contributed by atoms with Crippen LogP contribution in [0.3, 0.4) is 0 Å². The first-order valence-corrected chi connectivity index (χ1v) is 20.9. The zero-order valence-corrected chi connectivity index (χ0v) is 33.9. The first-order valence-electron chi connectivity index (χ1n) is 20.9. The molecule has 58 heavy (non-hydrogen) atoms. The van der Waals surface area contributed by atoms with Crippen molar-refractivity contribution in [1.82, 2.24) is 0 Å². The fraction of sp³-hybridized carbons (Fsp3) is 0.138. The Labute approximate surface area is 342 Å². The number of allylic oxidation sites excluding steroid dienone is 4. The predicted molar refractivity (Wildman–Crippen MR) is 252 cm³/mol. The topological polar surface area (TPSA) is 0 Å². The Kier molecular flexibility index (Phi) is 8.95. The van der Waals surface area contributed by atoms with Crippen molar-refractivity contribution in [2.24, 2.45) is 5.41 Å². The van der Waals surface area contributed by atoms with E-state index < -0.39 is 0 Å². The van der Waals surface area contributed by atoms with Crippen LogP contribution in [0.1, 0.15) is 54.9 Å². The molecule has 0 bridgehead atoms. The Morgan fingerprint density at radius 1 is 0.466 bits per heavy atom. The summed E-state index contributed by atoms with van der Waals surface area (Å²) in [5, 5.41) is 10.4. The van der Waals surface area contributed by atoms with Gasteiger partial charge in [-0.15, -0.1) is 0 Å². The average molecular weight is 745 g/mol. The zero-order chi connectivity index (χ0) is 39.4. The van der Waals surface area contributed by atoms with Crippen molar-refractivity contribution in [1.29, 1.82) is 0 Å². The second-order valence-corrected chi connectivity index (χ2v) is 16.7. The van der Waals surface area contributed by atoms with Crippen molar-refractivity contribution in [3.63, 3.8) is 0 Å². The predicted octanol–water partition coefficient (Wildman–Crippen LogP) is 16.5. The fourth-order valence-corrected chi connectivity index (χ4v) is 10.2. The van der Waals surface area contributed by atoms with E-state index in [2.05, 4.69) is 216 Å². The molecule has 280 valence electrons. The van der Waals surface area contributed by atoms with Crippen molar-refractivity contribution < 1.29 is 0 Å². The zero-order valence-electron chi connectivity index (χ0n) is 33.9. The van der Waals surface area contributed by atoms with Gasteiger partial charge in [-0.2, -0.15) is 0 Å². The van der Waals surface area contributed by atoms with Gasteiger partial charge in [-0.3, -0.25) is 0 Å². The molecule has 0 aliphatic heterocycles. The van der Waals surface area contributed by atoms with Gasteiger partial charge in [-0.05, 0) is 136 Å². The van der Waals surface area contributed by atoms with Crippen LogP contribution in [0, 0.1) is 19.3 Å². The van der Waals surface area contributed by atoms with Gasteiger partial charge in [0, 0.05) is 5.92 Å². The summed E-state index contributed by atoms with van der Waals surface area (Å²) in [4.78, 5) is 0. The van der Waals surface area contributed by atoms with E-state index in [0.29, 0.717) is 5.92 Å². The van der Waals surface area contributed by atoms with Gasteiger partial charge in [0.05, 0.1) is 0 Å². The summed E-state index contributed by atoms with van der Waals surface area (Å²) in [6, 6.07) is 63.5. The first kappa shape index (κ1) is 35.9. The van der Waals surface area contributed by atoms with E-state index in [1.165, 1.54) is 104 Å². The van der Waals surface area contributed by atoms with Crippen LogP contribution >= 0.6 is 0 Å². The largest absolute Gasteiger partial charge is 0.0769 e. The highest BCUT2D eigenvalue weighted by Crippen LogP contribution is 2.50. The number of rotatable bonds is 6. The van der Waals surface area contributed by atoms with Crippen LogP contribution in [0.5, 0.6) is 0 Å². The lowest BCUT2D eigenvalue weighted by molar-refractivity contribution is 0.380. The summed E-state index contributed by atoms with van der Waals surface area (Å²) in [5.74, 6) is 0.347. The highest BCUT2D eigenvalue weighted by molar-refractivity contribution is 6.24. The molecular formula is C58H48. The lowest BCUT2D eigenvalue weighted by atomic mass is 9.70. The molecule has 0 amide bonds. The molecular weight excluding hydrogens is 697 g/mol. The number of aryl methyl sites for hydroxylation is 2. The average Bonchev–Trinajstić information content (AvgIpc) is 3.44. The minimum Gasteiger partial charge on any atom is -0.0769 e. The van der Waals surface area contributed by atoms with Gasteiger partial charge in [0.1, 0.15) is 0 Å². The maximum absolute atomic E-state index is 2.47. The Balaban J connectivity index is 1.08.